The van der Waals surface area contributed by atoms with Crippen molar-refractivity contribution in [1.82, 2.24) is 0 Å². The zero-order valence-electron chi connectivity index (χ0n) is 12.6. The van der Waals surface area contributed by atoms with Crippen LogP contribution in [0.15, 0.2) is 18.2 Å². The molecule has 3 N–H and O–H groups in total. The van der Waals surface area contributed by atoms with Crippen molar-refractivity contribution in [2.24, 2.45) is 0 Å². The van der Waals surface area contributed by atoms with Gasteiger partial charge < -0.3 is 20.5 Å². The Bertz CT molecular complexity index is 516. The third-order valence-corrected chi connectivity index (χ3v) is 3.35. The van der Waals surface area contributed by atoms with Gasteiger partial charge in [0.15, 0.2) is 0 Å². The molecule has 0 fully saturated rings. The maximum atomic E-state index is 12.3. The number of aromatic carboxylic acids is 1. The van der Waals surface area contributed by atoms with Crippen LogP contribution in [-0.2, 0) is 9.53 Å². The first-order valence-corrected chi connectivity index (χ1v) is 6.86. The minimum absolute atomic E-state index is 0.0133. The number of hydrogen-bond donors (Lipinski definition) is 2. The molecule has 1 amide bonds. The maximum Gasteiger partial charge on any atom is 0.335 e. The second-order valence-corrected chi connectivity index (χ2v) is 4.80. The highest BCUT2D eigenvalue weighted by Gasteiger charge is 2.18. The van der Waals surface area contributed by atoms with Crippen molar-refractivity contribution >= 4 is 23.3 Å². The fourth-order valence-electron chi connectivity index (χ4n) is 1.99. The van der Waals surface area contributed by atoms with Crippen molar-refractivity contribution in [3.63, 3.8) is 0 Å². The van der Waals surface area contributed by atoms with Gasteiger partial charge in [0.25, 0.3) is 0 Å². The molecule has 0 aliphatic rings. The fourth-order valence-corrected chi connectivity index (χ4v) is 1.99. The van der Waals surface area contributed by atoms with Crippen LogP contribution in [0, 0.1) is 0 Å². The minimum atomic E-state index is -1.04. The molecule has 0 bridgehead atoms. The van der Waals surface area contributed by atoms with Gasteiger partial charge in [0.2, 0.25) is 5.91 Å². The van der Waals surface area contributed by atoms with E-state index in [-0.39, 0.29) is 23.3 Å². The van der Waals surface area contributed by atoms with Crippen molar-refractivity contribution in [3.8, 4) is 0 Å². The van der Waals surface area contributed by atoms with E-state index in [9.17, 15) is 9.59 Å². The summed E-state index contributed by atoms with van der Waals surface area (Å²) in [6, 6.07) is 4.38. The van der Waals surface area contributed by atoms with E-state index >= 15 is 0 Å². The van der Waals surface area contributed by atoms with E-state index in [1.165, 1.54) is 12.1 Å². The topological polar surface area (TPSA) is 92.9 Å². The minimum Gasteiger partial charge on any atom is -0.478 e. The molecule has 0 aliphatic carbocycles. The molecule has 1 rings (SSSR count). The molecule has 0 radical (unpaired) electrons. The van der Waals surface area contributed by atoms with Crippen LogP contribution in [0.1, 0.15) is 37.0 Å². The first kappa shape index (κ1) is 17.0. The van der Waals surface area contributed by atoms with Crippen LogP contribution in [0.2, 0.25) is 0 Å². The van der Waals surface area contributed by atoms with E-state index in [1.807, 2.05) is 13.8 Å². The summed E-state index contributed by atoms with van der Waals surface area (Å²) in [6.07, 6.45) is 0.987. The van der Waals surface area contributed by atoms with E-state index in [4.69, 9.17) is 15.6 Å². The molecule has 0 aliphatic heterocycles. The van der Waals surface area contributed by atoms with Crippen molar-refractivity contribution in [3.05, 3.63) is 23.8 Å². The van der Waals surface area contributed by atoms with Gasteiger partial charge in [0.1, 0.15) is 0 Å². The highest BCUT2D eigenvalue weighted by molar-refractivity contribution is 5.98. The number of hydrogen-bond acceptors (Lipinski definition) is 4. The Morgan fingerprint density at radius 1 is 1.43 bits per heavy atom. The molecule has 0 heterocycles. The Morgan fingerprint density at radius 3 is 2.57 bits per heavy atom. The molecule has 0 saturated carbocycles. The Labute approximate surface area is 124 Å². The van der Waals surface area contributed by atoms with Crippen molar-refractivity contribution in [1.29, 1.82) is 0 Å². The number of ether oxygens (including phenoxy) is 1. The molecule has 0 aromatic heterocycles. The molecule has 1 aromatic rings. The molecule has 1 unspecified atom stereocenters. The molecule has 0 saturated heterocycles. The van der Waals surface area contributed by atoms with Gasteiger partial charge in [-0.25, -0.2) is 4.79 Å². The Balaban J connectivity index is 2.89. The highest BCUT2D eigenvalue weighted by Crippen LogP contribution is 2.25. The van der Waals surface area contributed by atoms with Gasteiger partial charge in [-0.1, -0.05) is 0 Å². The number of carboxylic acid groups (broad SMARTS) is 1. The number of amides is 1. The number of methoxy groups -OCH3 is 1. The molecule has 116 valence electrons. The van der Waals surface area contributed by atoms with Gasteiger partial charge in [-0.05, 0) is 38.5 Å². The third kappa shape index (κ3) is 4.46. The molecule has 1 atom stereocenters. The standard InChI is InChI=1S/C15H22N2O4/c1-4-17(14(18)8-5-10(2)21-3)13-7-6-11(15(19)20)9-12(13)16/h6-7,9-10H,4-5,8,16H2,1-3H3,(H,19,20). The summed E-state index contributed by atoms with van der Waals surface area (Å²) < 4.78 is 5.12. The van der Waals surface area contributed by atoms with E-state index < -0.39 is 5.97 Å². The Hall–Kier alpha value is -2.08. The number of carbonyl (C=O) groups excluding carboxylic acids is 1. The average molecular weight is 294 g/mol. The van der Waals surface area contributed by atoms with Crippen LogP contribution < -0.4 is 10.6 Å². The first-order valence-electron chi connectivity index (χ1n) is 6.86. The lowest BCUT2D eigenvalue weighted by Crippen LogP contribution is -2.31. The zero-order valence-corrected chi connectivity index (χ0v) is 12.6. The molecule has 6 nitrogen and oxygen atoms in total. The normalized spacial score (nSPS) is 12.0. The molecular weight excluding hydrogens is 272 g/mol. The lowest BCUT2D eigenvalue weighted by atomic mass is 10.1. The van der Waals surface area contributed by atoms with Crippen molar-refractivity contribution in [2.75, 3.05) is 24.3 Å². The quantitative estimate of drug-likeness (QED) is 0.751. The number of nitrogen functional groups attached to an aromatic ring is 1. The van der Waals surface area contributed by atoms with Gasteiger partial charge in [0.05, 0.1) is 23.0 Å². The largest absolute Gasteiger partial charge is 0.478 e. The summed E-state index contributed by atoms with van der Waals surface area (Å²) in [7, 11) is 1.61. The fraction of sp³-hybridized carbons (Fsp3) is 0.467. The van der Waals surface area contributed by atoms with E-state index in [0.717, 1.165) is 0 Å². The molecule has 0 spiro atoms. The number of benzene rings is 1. The van der Waals surface area contributed by atoms with Gasteiger partial charge in [0, 0.05) is 20.1 Å². The summed E-state index contributed by atoms with van der Waals surface area (Å²) in [5.41, 5.74) is 6.80. The van der Waals surface area contributed by atoms with Crippen LogP contribution in [0.4, 0.5) is 11.4 Å². The highest BCUT2D eigenvalue weighted by atomic mass is 16.5. The summed E-state index contributed by atoms with van der Waals surface area (Å²) in [5.74, 6) is -1.10. The molecule has 21 heavy (non-hydrogen) atoms. The monoisotopic (exact) mass is 294 g/mol. The lowest BCUT2D eigenvalue weighted by molar-refractivity contribution is -0.119. The predicted molar refractivity (Wildman–Crippen MR) is 81.5 cm³/mol. The third-order valence-electron chi connectivity index (χ3n) is 3.35. The van der Waals surface area contributed by atoms with E-state index in [0.29, 0.717) is 25.1 Å². The maximum absolute atomic E-state index is 12.3. The van der Waals surface area contributed by atoms with Crippen LogP contribution in [0.25, 0.3) is 0 Å². The van der Waals surface area contributed by atoms with Gasteiger partial charge in [-0.3, -0.25) is 4.79 Å². The first-order chi connectivity index (χ1) is 9.90. The van der Waals surface area contributed by atoms with Crippen molar-refractivity contribution < 1.29 is 19.4 Å². The lowest BCUT2D eigenvalue weighted by Gasteiger charge is -2.23. The van der Waals surface area contributed by atoms with Crippen LogP contribution in [0.3, 0.4) is 0 Å². The summed E-state index contributed by atoms with van der Waals surface area (Å²) in [4.78, 5) is 24.7. The molecule has 6 heteroatoms. The van der Waals surface area contributed by atoms with Crippen LogP contribution in [0.5, 0.6) is 0 Å². The average Bonchev–Trinajstić information content (AvgIpc) is 2.46. The van der Waals surface area contributed by atoms with Crippen LogP contribution in [-0.4, -0.2) is 36.7 Å². The molecular formula is C15H22N2O4. The number of nitrogens with zero attached hydrogens (tertiary/aromatic N) is 1. The number of carbonyl (C=O) groups is 2. The predicted octanol–water partition coefficient (Wildman–Crippen LogP) is 2.14. The smallest absolute Gasteiger partial charge is 0.335 e. The number of rotatable bonds is 7. The Morgan fingerprint density at radius 2 is 2.10 bits per heavy atom. The van der Waals surface area contributed by atoms with Gasteiger partial charge >= 0.3 is 5.97 Å². The zero-order chi connectivity index (χ0) is 16.0. The second kappa shape index (κ2) is 7.64. The van der Waals surface area contributed by atoms with Gasteiger partial charge in [-0.15, -0.1) is 0 Å². The summed E-state index contributed by atoms with van der Waals surface area (Å²) in [5, 5.41) is 8.93. The van der Waals surface area contributed by atoms with Crippen LogP contribution >= 0.6 is 0 Å². The Kier molecular flexibility index (Phi) is 6.17. The second-order valence-electron chi connectivity index (χ2n) is 4.80. The number of anilines is 2. The van der Waals surface area contributed by atoms with E-state index in [2.05, 4.69) is 0 Å². The van der Waals surface area contributed by atoms with Crippen molar-refractivity contribution in [2.45, 2.75) is 32.8 Å². The molecule has 1 aromatic carbocycles. The summed E-state index contributed by atoms with van der Waals surface area (Å²) >= 11 is 0. The van der Waals surface area contributed by atoms with Gasteiger partial charge in [-0.2, -0.15) is 0 Å². The number of carboxylic acids is 1. The SMILES string of the molecule is CCN(C(=O)CCC(C)OC)c1ccc(C(=O)O)cc1N. The summed E-state index contributed by atoms with van der Waals surface area (Å²) in [6.45, 7) is 4.22. The number of nitrogens with two attached hydrogens (primary N) is 1. The van der Waals surface area contributed by atoms with E-state index in [1.54, 1.807) is 18.1 Å².